The summed E-state index contributed by atoms with van der Waals surface area (Å²) in [6.07, 6.45) is -9.62. The number of anilines is 1. The van der Waals surface area contributed by atoms with Gasteiger partial charge in [-0.05, 0) is 37.1 Å². The number of piperidine rings is 1. The van der Waals surface area contributed by atoms with Crippen LogP contribution in [0.15, 0.2) is 24.3 Å². The minimum Gasteiger partial charge on any atom is -0.361 e. The number of benzene rings is 1. The van der Waals surface area contributed by atoms with Crippen LogP contribution in [-0.2, 0) is 21.0 Å². The van der Waals surface area contributed by atoms with Crippen molar-refractivity contribution in [2.75, 3.05) is 30.9 Å². The Balaban J connectivity index is 1.67. The normalized spacial score (nSPS) is 17.4. The smallest absolute Gasteiger partial charge is 0.361 e. The third kappa shape index (κ3) is 7.99. The number of hydroxylamine groups is 1. The van der Waals surface area contributed by atoms with E-state index in [0.29, 0.717) is 18.5 Å². The molecule has 1 heterocycles. The molecule has 1 fully saturated rings. The van der Waals surface area contributed by atoms with Crippen molar-refractivity contribution < 1.29 is 39.6 Å². The first-order valence-corrected chi connectivity index (χ1v) is 10.3. The summed E-state index contributed by atoms with van der Waals surface area (Å²) < 4.78 is 99.0. The summed E-state index contributed by atoms with van der Waals surface area (Å²) in [5.74, 6) is -0.970. The van der Waals surface area contributed by atoms with E-state index in [4.69, 9.17) is 4.84 Å². The SMILES string of the molecule is O=S(=O)(CCC(F)(F)F)N1CCC(NOCNc2ccc(C(F)(F)F)cc2)CC1. The number of alkyl halides is 6. The molecule has 0 bridgehead atoms. The molecule has 0 spiro atoms. The monoisotopic (exact) mass is 449 g/mol. The lowest BCUT2D eigenvalue weighted by Gasteiger charge is -2.31. The number of nitrogens with one attached hydrogen (secondary N) is 2. The van der Waals surface area contributed by atoms with Gasteiger partial charge >= 0.3 is 12.4 Å². The Morgan fingerprint density at radius 3 is 2.14 bits per heavy atom. The lowest BCUT2D eigenvalue weighted by atomic mass is 10.1. The molecule has 0 atom stereocenters. The number of hydrogen-bond donors (Lipinski definition) is 2. The number of nitrogens with zero attached hydrogens (tertiary/aromatic N) is 1. The molecular weight excluding hydrogens is 428 g/mol. The Morgan fingerprint density at radius 2 is 1.62 bits per heavy atom. The van der Waals surface area contributed by atoms with Crippen molar-refractivity contribution in [2.24, 2.45) is 0 Å². The molecule has 1 aliphatic rings. The molecule has 2 rings (SSSR count). The topological polar surface area (TPSA) is 70.7 Å². The molecule has 29 heavy (non-hydrogen) atoms. The van der Waals surface area contributed by atoms with E-state index < -0.39 is 40.1 Å². The maximum atomic E-state index is 12.5. The van der Waals surface area contributed by atoms with E-state index in [0.717, 1.165) is 16.4 Å². The number of hydrogen-bond acceptors (Lipinski definition) is 5. The van der Waals surface area contributed by atoms with Gasteiger partial charge in [-0.1, -0.05) is 0 Å². The molecule has 0 unspecified atom stereocenters. The van der Waals surface area contributed by atoms with Gasteiger partial charge in [0.2, 0.25) is 10.0 Å². The van der Waals surface area contributed by atoms with Gasteiger partial charge in [-0.25, -0.2) is 12.7 Å². The van der Waals surface area contributed by atoms with Crippen molar-refractivity contribution in [1.29, 1.82) is 0 Å². The van der Waals surface area contributed by atoms with E-state index in [1.165, 1.54) is 12.1 Å². The first-order valence-electron chi connectivity index (χ1n) is 8.70. The van der Waals surface area contributed by atoms with E-state index in [-0.39, 0.29) is 25.9 Å². The van der Waals surface area contributed by atoms with Crippen LogP contribution in [0.3, 0.4) is 0 Å². The summed E-state index contributed by atoms with van der Waals surface area (Å²) in [5, 5.41) is 2.76. The van der Waals surface area contributed by atoms with Crippen molar-refractivity contribution >= 4 is 15.7 Å². The fourth-order valence-electron chi connectivity index (χ4n) is 2.68. The van der Waals surface area contributed by atoms with Gasteiger partial charge in [-0.15, -0.1) is 0 Å². The lowest BCUT2D eigenvalue weighted by molar-refractivity contribution is -0.137. The average Bonchev–Trinajstić information content (AvgIpc) is 2.63. The van der Waals surface area contributed by atoms with E-state index in [1.54, 1.807) is 0 Å². The zero-order chi connectivity index (χ0) is 21.7. The molecule has 1 saturated heterocycles. The summed E-state index contributed by atoms with van der Waals surface area (Å²) in [7, 11) is -3.96. The molecule has 0 radical (unpaired) electrons. The van der Waals surface area contributed by atoms with Crippen LogP contribution in [0, 0.1) is 0 Å². The van der Waals surface area contributed by atoms with Crippen LogP contribution < -0.4 is 10.8 Å². The predicted molar refractivity (Wildman–Crippen MR) is 93.2 cm³/mol. The van der Waals surface area contributed by atoms with Crippen LogP contribution in [0.4, 0.5) is 32.0 Å². The van der Waals surface area contributed by atoms with Gasteiger partial charge < -0.3 is 5.32 Å². The second kappa shape index (κ2) is 9.49. The Hall–Kier alpha value is -1.57. The predicted octanol–water partition coefficient (Wildman–Crippen LogP) is 3.34. The number of halogens is 6. The van der Waals surface area contributed by atoms with Gasteiger partial charge in [-0.2, -0.15) is 31.8 Å². The lowest BCUT2D eigenvalue weighted by Crippen LogP contribution is -2.46. The molecule has 1 aliphatic heterocycles. The summed E-state index contributed by atoms with van der Waals surface area (Å²) in [6.45, 7) is 0.108. The van der Waals surface area contributed by atoms with Gasteiger partial charge in [0.25, 0.3) is 0 Å². The second-order valence-electron chi connectivity index (χ2n) is 6.51. The highest BCUT2D eigenvalue weighted by atomic mass is 32.2. The Kier molecular flexibility index (Phi) is 7.76. The fraction of sp³-hybridized carbons (Fsp3) is 0.625. The summed E-state index contributed by atoms with van der Waals surface area (Å²) in [6, 6.07) is 4.20. The summed E-state index contributed by atoms with van der Waals surface area (Å²) in [5.41, 5.74) is 2.37. The van der Waals surface area contributed by atoms with Crippen LogP contribution >= 0.6 is 0 Å². The van der Waals surface area contributed by atoms with Crippen molar-refractivity contribution in [3.8, 4) is 0 Å². The minimum atomic E-state index is -4.53. The number of sulfonamides is 1. The molecule has 2 N–H and O–H groups in total. The third-order valence-electron chi connectivity index (χ3n) is 4.30. The molecule has 13 heteroatoms. The molecule has 0 aliphatic carbocycles. The van der Waals surface area contributed by atoms with E-state index in [1.807, 2.05) is 0 Å². The highest BCUT2D eigenvalue weighted by Gasteiger charge is 2.34. The summed E-state index contributed by atoms with van der Waals surface area (Å²) in [4.78, 5) is 5.19. The highest BCUT2D eigenvalue weighted by Crippen LogP contribution is 2.29. The van der Waals surface area contributed by atoms with Crippen molar-refractivity contribution in [3.63, 3.8) is 0 Å². The molecule has 0 saturated carbocycles. The second-order valence-corrected chi connectivity index (χ2v) is 8.60. The van der Waals surface area contributed by atoms with E-state index in [2.05, 4.69) is 10.8 Å². The zero-order valence-corrected chi connectivity index (χ0v) is 16.0. The van der Waals surface area contributed by atoms with Crippen LogP contribution in [0.2, 0.25) is 0 Å². The molecular formula is C16H21F6N3O3S. The first-order chi connectivity index (χ1) is 13.4. The van der Waals surface area contributed by atoms with Gasteiger partial charge in [0.05, 0.1) is 17.7 Å². The van der Waals surface area contributed by atoms with Crippen molar-refractivity contribution in [3.05, 3.63) is 29.8 Å². The maximum absolute atomic E-state index is 12.5. The quantitative estimate of drug-likeness (QED) is 0.276. The molecule has 1 aromatic carbocycles. The fourth-order valence-corrected chi connectivity index (χ4v) is 4.20. The molecule has 1 aromatic rings. The van der Waals surface area contributed by atoms with Gasteiger partial charge in [-0.3, -0.25) is 4.84 Å². The molecule has 6 nitrogen and oxygen atoms in total. The standard InChI is InChI=1S/C16H21F6N3O3S/c17-15(18,19)7-10-29(26,27)25-8-5-14(6-9-25)24-28-11-23-13-3-1-12(2-4-13)16(20,21)22/h1-4,14,23-24H,5-11H2. The van der Waals surface area contributed by atoms with Gasteiger partial charge in [0.15, 0.2) is 0 Å². The Morgan fingerprint density at radius 1 is 1.03 bits per heavy atom. The van der Waals surface area contributed by atoms with Crippen LogP contribution in [0.25, 0.3) is 0 Å². The zero-order valence-electron chi connectivity index (χ0n) is 15.2. The van der Waals surface area contributed by atoms with Crippen molar-refractivity contribution in [2.45, 2.75) is 37.7 Å². The number of rotatable bonds is 8. The Bertz CT molecular complexity index is 745. The van der Waals surface area contributed by atoms with Crippen LogP contribution in [0.1, 0.15) is 24.8 Å². The molecule has 0 aromatic heterocycles. The Labute approximate surface area is 164 Å². The van der Waals surface area contributed by atoms with Gasteiger partial charge in [0.1, 0.15) is 6.73 Å². The largest absolute Gasteiger partial charge is 0.416 e. The highest BCUT2D eigenvalue weighted by molar-refractivity contribution is 7.89. The summed E-state index contributed by atoms with van der Waals surface area (Å²) >= 11 is 0. The van der Waals surface area contributed by atoms with Crippen LogP contribution in [0.5, 0.6) is 0 Å². The first kappa shape index (κ1) is 23.7. The molecule has 166 valence electrons. The van der Waals surface area contributed by atoms with Gasteiger partial charge in [0, 0.05) is 24.8 Å². The third-order valence-corrected chi connectivity index (χ3v) is 6.17. The average molecular weight is 449 g/mol. The maximum Gasteiger partial charge on any atom is 0.416 e. The van der Waals surface area contributed by atoms with Crippen molar-refractivity contribution in [1.82, 2.24) is 9.79 Å². The molecule has 0 amide bonds. The van der Waals surface area contributed by atoms with E-state index in [9.17, 15) is 34.8 Å². The van der Waals surface area contributed by atoms with Crippen LogP contribution in [-0.4, -0.2) is 50.5 Å². The van der Waals surface area contributed by atoms with E-state index >= 15 is 0 Å². The minimum absolute atomic E-state index is 0.0462.